The number of halogens is 2. The quantitative estimate of drug-likeness (QED) is 0.347. The smallest absolute Gasteiger partial charge is 0.271 e. The number of carbonyl (C=O) groups is 1. The predicted octanol–water partition coefficient (Wildman–Crippen LogP) is 4.97. The summed E-state index contributed by atoms with van der Waals surface area (Å²) < 4.78 is 6.66. The molecule has 0 saturated heterocycles. The van der Waals surface area contributed by atoms with Gasteiger partial charge in [-0.25, -0.2) is 5.43 Å². The van der Waals surface area contributed by atoms with E-state index in [0.29, 0.717) is 22.1 Å². The van der Waals surface area contributed by atoms with Crippen molar-refractivity contribution in [2.45, 2.75) is 0 Å². The van der Waals surface area contributed by atoms with E-state index < -0.39 is 0 Å². The Morgan fingerprint density at radius 2 is 1.92 bits per heavy atom. The summed E-state index contributed by atoms with van der Waals surface area (Å²) in [7, 11) is 0. The lowest BCUT2D eigenvalue weighted by Gasteiger charge is -1.99. The average molecular weight is 451 g/mol. The minimum atomic E-state index is -0.269. The van der Waals surface area contributed by atoms with E-state index in [0.717, 1.165) is 9.13 Å². The number of hydrazone groups is 1. The SMILES string of the molecule is O=C(N/N=C\c1ccc(-c2ccc(Cl)cc2)o1)c1cccc(I)c1. The number of benzene rings is 2. The molecule has 0 saturated carbocycles. The number of nitrogens with zero attached hydrogens (tertiary/aromatic N) is 1. The molecule has 0 spiro atoms. The van der Waals surface area contributed by atoms with Crippen molar-refractivity contribution in [2.24, 2.45) is 5.10 Å². The number of furan rings is 1. The third-order valence-corrected chi connectivity index (χ3v) is 4.12. The monoisotopic (exact) mass is 450 g/mol. The highest BCUT2D eigenvalue weighted by Gasteiger charge is 2.05. The molecule has 3 rings (SSSR count). The van der Waals surface area contributed by atoms with E-state index in [1.54, 1.807) is 30.3 Å². The molecule has 2 aromatic carbocycles. The molecule has 1 aromatic heterocycles. The Balaban J connectivity index is 1.65. The predicted molar refractivity (Wildman–Crippen MR) is 103 cm³/mol. The lowest BCUT2D eigenvalue weighted by Crippen LogP contribution is -2.17. The number of carbonyl (C=O) groups excluding carboxylic acids is 1. The molecule has 4 nitrogen and oxygen atoms in total. The Kier molecular flexibility index (Phi) is 5.32. The van der Waals surface area contributed by atoms with Gasteiger partial charge in [-0.1, -0.05) is 17.7 Å². The number of nitrogens with one attached hydrogen (secondary N) is 1. The zero-order chi connectivity index (χ0) is 16.9. The second-order valence-corrected chi connectivity index (χ2v) is 6.60. The van der Waals surface area contributed by atoms with Gasteiger partial charge in [0.25, 0.3) is 5.91 Å². The van der Waals surface area contributed by atoms with Crippen LogP contribution in [0.25, 0.3) is 11.3 Å². The van der Waals surface area contributed by atoms with Crippen molar-refractivity contribution in [1.82, 2.24) is 5.43 Å². The van der Waals surface area contributed by atoms with Crippen molar-refractivity contribution in [3.8, 4) is 11.3 Å². The fraction of sp³-hybridized carbons (Fsp3) is 0. The van der Waals surface area contributed by atoms with Crippen LogP contribution < -0.4 is 5.43 Å². The molecule has 0 bridgehead atoms. The molecular weight excluding hydrogens is 439 g/mol. The van der Waals surface area contributed by atoms with Crippen LogP contribution in [0.3, 0.4) is 0 Å². The molecule has 0 aliphatic carbocycles. The second kappa shape index (κ2) is 7.63. The molecule has 120 valence electrons. The largest absolute Gasteiger partial charge is 0.455 e. The van der Waals surface area contributed by atoms with Gasteiger partial charge >= 0.3 is 0 Å². The van der Waals surface area contributed by atoms with Crippen molar-refractivity contribution in [3.63, 3.8) is 0 Å². The maximum absolute atomic E-state index is 12.0. The summed E-state index contributed by atoms with van der Waals surface area (Å²) in [4.78, 5) is 12.0. The normalized spacial score (nSPS) is 10.9. The summed E-state index contributed by atoms with van der Waals surface area (Å²) in [5, 5.41) is 4.60. The van der Waals surface area contributed by atoms with E-state index in [1.165, 1.54) is 6.21 Å². The molecule has 1 N–H and O–H groups in total. The van der Waals surface area contributed by atoms with Crippen molar-refractivity contribution < 1.29 is 9.21 Å². The summed E-state index contributed by atoms with van der Waals surface area (Å²) in [6.45, 7) is 0. The fourth-order valence-electron chi connectivity index (χ4n) is 2.04. The standard InChI is InChI=1S/C18H12ClIN2O2/c19-14-6-4-12(5-7-14)17-9-8-16(24-17)11-21-22-18(23)13-2-1-3-15(20)10-13/h1-11H,(H,22,23)/b21-11-. The van der Waals surface area contributed by atoms with E-state index in [9.17, 15) is 4.79 Å². The molecule has 0 radical (unpaired) electrons. The molecule has 1 heterocycles. The van der Waals surface area contributed by atoms with Crippen LogP contribution in [0.15, 0.2) is 70.2 Å². The van der Waals surface area contributed by atoms with Gasteiger partial charge in [-0.2, -0.15) is 5.10 Å². The van der Waals surface area contributed by atoms with Crippen molar-refractivity contribution in [2.75, 3.05) is 0 Å². The zero-order valence-corrected chi connectivity index (χ0v) is 15.3. The third-order valence-electron chi connectivity index (χ3n) is 3.20. The molecule has 1 amide bonds. The van der Waals surface area contributed by atoms with Crippen LogP contribution in [-0.2, 0) is 0 Å². The lowest BCUT2D eigenvalue weighted by atomic mass is 10.2. The van der Waals surface area contributed by atoms with E-state index in [4.69, 9.17) is 16.0 Å². The van der Waals surface area contributed by atoms with E-state index >= 15 is 0 Å². The Morgan fingerprint density at radius 3 is 2.67 bits per heavy atom. The third kappa shape index (κ3) is 4.24. The maximum Gasteiger partial charge on any atom is 0.271 e. The molecule has 0 aliphatic heterocycles. The molecule has 0 aliphatic rings. The van der Waals surface area contributed by atoms with Crippen LogP contribution in [0.1, 0.15) is 16.1 Å². The van der Waals surface area contributed by atoms with Crippen molar-refractivity contribution in [3.05, 3.63) is 80.6 Å². The summed E-state index contributed by atoms with van der Waals surface area (Å²) in [5.41, 5.74) is 3.96. The summed E-state index contributed by atoms with van der Waals surface area (Å²) in [6.07, 6.45) is 1.46. The molecule has 6 heteroatoms. The van der Waals surface area contributed by atoms with E-state index in [1.807, 2.05) is 30.3 Å². The van der Waals surface area contributed by atoms with Gasteiger partial charge in [-0.15, -0.1) is 0 Å². The number of rotatable bonds is 4. The second-order valence-electron chi connectivity index (χ2n) is 4.92. The van der Waals surface area contributed by atoms with Crippen LogP contribution >= 0.6 is 34.2 Å². The summed E-state index contributed by atoms with van der Waals surface area (Å²) in [6, 6.07) is 18.2. The lowest BCUT2D eigenvalue weighted by molar-refractivity contribution is 0.0955. The molecule has 3 aromatic rings. The Labute approximate surface area is 157 Å². The first-order chi connectivity index (χ1) is 11.6. The van der Waals surface area contributed by atoms with Crippen LogP contribution in [0.4, 0.5) is 0 Å². The van der Waals surface area contributed by atoms with Crippen molar-refractivity contribution >= 4 is 46.3 Å². The Morgan fingerprint density at radius 1 is 1.12 bits per heavy atom. The van der Waals surface area contributed by atoms with Gasteiger partial charge in [0.1, 0.15) is 11.5 Å². The summed E-state index contributed by atoms with van der Waals surface area (Å²) >= 11 is 8.02. The van der Waals surface area contributed by atoms with Crippen LogP contribution in [-0.4, -0.2) is 12.1 Å². The van der Waals surface area contributed by atoms with E-state index in [-0.39, 0.29) is 5.91 Å². The molecular formula is C18H12ClIN2O2. The van der Waals surface area contributed by atoms with Crippen LogP contribution in [0, 0.1) is 3.57 Å². The first-order valence-corrected chi connectivity index (χ1v) is 8.52. The van der Waals surface area contributed by atoms with Gasteiger partial charge in [0.15, 0.2) is 0 Å². The Hall–Kier alpha value is -2.12. The first kappa shape index (κ1) is 16.7. The van der Waals surface area contributed by atoms with Gasteiger partial charge < -0.3 is 4.42 Å². The fourth-order valence-corrected chi connectivity index (χ4v) is 2.71. The minimum Gasteiger partial charge on any atom is -0.455 e. The van der Waals surface area contributed by atoms with Gasteiger partial charge in [0.2, 0.25) is 0 Å². The maximum atomic E-state index is 12.0. The highest BCUT2D eigenvalue weighted by Crippen LogP contribution is 2.23. The average Bonchev–Trinajstić information content (AvgIpc) is 3.04. The first-order valence-electron chi connectivity index (χ1n) is 7.06. The Bertz CT molecular complexity index is 888. The highest BCUT2D eigenvalue weighted by molar-refractivity contribution is 14.1. The molecule has 0 fully saturated rings. The van der Waals surface area contributed by atoms with Gasteiger partial charge in [0, 0.05) is 19.7 Å². The van der Waals surface area contributed by atoms with Crippen LogP contribution in [0.5, 0.6) is 0 Å². The highest BCUT2D eigenvalue weighted by atomic mass is 127. The van der Waals surface area contributed by atoms with E-state index in [2.05, 4.69) is 33.1 Å². The van der Waals surface area contributed by atoms with Gasteiger partial charge in [0.05, 0.1) is 6.21 Å². The number of hydrogen-bond acceptors (Lipinski definition) is 3. The van der Waals surface area contributed by atoms with Crippen molar-refractivity contribution in [1.29, 1.82) is 0 Å². The van der Waals surface area contributed by atoms with Crippen LogP contribution in [0.2, 0.25) is 5.02 Å². The molecule has 0 unspecified atom stereocenters. The zero-order valence-electron chi connectivity index (χ0n) is 12.4. The summed E-state index contributed by atoms with van der Waals surface area (Å²) in [5.74, 6) is 0.981. The molecule has 24 heavy (non-hydrogen) atoms. The topological polar surface area (TPSA) is 54.6 Å². The number of amides is 1. The number of hydrogen-bond donors (Lipinski definition) is 1. The van der Waals surface area contributed by atoms with Gasteiger partial charge in [-0.3, -0.25) is 4.79 Å². The minimum absolute atomic E-state index is 0.269. The van der Waals surface area contributed by atoms with Gasteiger partial charge in [-0.05, 0) is 77.2 Å². The molecule has 0 atom stereocenters.